The van der Waals surface area contributed by atoms with E-state index in [1.807, 2.05) is 40.5 Å². The Labute approximate surface area is 127 Å². The van der Waals surface area contributed by atoms with E-state index in [2.05, 4.69) is 37.3 Å². The van der Waals surface area contributed by atoms with Crippen LogP contribution in [0.25, 0.3) is 5.65 Å². The third kappa shape index (κ3) is 2.52. The lowest BCUT2D eigenvalue weighted by Crippen LogP contribution is -2.46. The van der Waals surface area contributed by atoms with Crippen LogP contribution in [-0.4, -0.2) is 45.4 Å². The molecule has 5 nitrogen and oxygen atoms in total. The standard InChI is InChI=1S/C15H17N5S/c1-2-13(21-11-1)12-18-7-9-20(10-8-18)15-14-16-3-5-19(14)6-4-17-15/h1-6,11H,7-10,12H2. The zero-order chi connectivity index (χ0) is 14.1. The van der Waals surface area contributed by atoms with Gasteiger partial charge in [-0.1, -0.05) is 6.07 Å². The molecule has 6 heteroatoms. The Morgan fingerprint density at radius 3 is 2.62 bits per heavy atom. The van der Waals surface area contributed by atoms with Crippen LogP contribution < -0.4 is 4.90 Å². The van der Waals surface area contributed by atoms with Crippen LogP contribution in [0.3, 0.4) is 0 Å². The smallest absolute Gasteiger partial charge is 0.180 e. The van der Waals surface area contributed by atoms with Crippen molar-refractivity contribution in [1.29, 1.82) is 0 Å². The second-order valence-electron chi connectivity index (χ2n) is 5.25. The van der Waals surface area contributed by atoms with E-state index in [0.29, 0.717) is 0 Å². The van der Waals surface area contributed by atoms with Gasteiger partial charge in [0.15, 0.2) is 11.5 Å². The van der Waals surface area contributed by atoms with Crippen molar-refractivity contribution in [2.24, 2.45) is 0 Å². The van der Waals surface area contributed by atoms with Gasteiger partial charge in [0.1, 0.15) is 0 Å². The van der Waals surface area contributed by atoms with E-state index in [1.165, 1.54) is 4.88 Å². The summed E-state index contributed by atoms with van der Waals surface area (Å²) in [5.41, 5.74) is 0.948. The summed E-state index contributed by atoms with van der Waals surface area (Å²) in [7, 11) is 0. The SMILES string of the molecule is c1csc(CN2CCN(c3nccn4ccnc34)CC2)c1. The van der Waals surface area contributed by atoms with Crippen LogP contribution in [-0.2, 0) is 6.54 Å². The minimum absolute atomic E-state index is 0.948. The molecule has 0 N–H and O–H groups in total. The second kappa shape index (κ2) is 5.46. The van der Waals surface area contributed by atoms with Crippen molar-refractivity contribution in [3.63, 3.8) is 0 Å². The van der Waals surface area contributed by atoms with Gasteiger partial charge in [-0.25, -0.2) is 9.97 Å². The molecule has 1 aliphatic heterocycles. The maximum absolute atomic E-state index is 4.53. The van der Waals surface area contributed by atoms with Crippen molar-refractivity contribution in [3.8, 4) is 0 Å². The largest absolute Gasteiger partial charge is 0.351 e. The molecule has 4 heterocycles. The molecule has 0 amide bonds. The van der Waals surface area contributed by atoms with Gasteiger partial charge < -0.3 is 9.30 Å². The van der Waals surface area contributed by atoms with Gasteiger partial charge in [0.05, 0.1) is 0 Å². The van der Waals surface area contributed by atoms with E-state index in [9.17, 15) is 0 Å². The number of piperazine rings is 1. The first-order chi connectivity index (χ1) is 10.4. The third-order valence-electron chi connectivity index (χ3n) is 3.92. The number of imidazole rings is 1. The number of rotatable bonds is 3. The quantitative estimate of drug-likeness (QED) is 0.742. The highest BCUT2D eigenvalue weighted by Crippen LogP contribution is 2.20. The average Bonchev–Trinajstić information content (AvgIpc) is 3.18. The minimum atomic E-state index is 0.948. The molecule has 21 heavy (non-hydrogen) atoms. The zero-order valence-corrected chi connectivity index (χ0v) is 12.5. The molecule has 1 fully saturated rings. The molecule has 1 saturated heterocycles. The van der Waals surface area contributed by atoms with Gasteiger partial charge in [0.2, 0.25) is 0 Å². The third-order valence-corrected chi connectivity index (χ3v) is 4.79. The minimum Gasteiger partial charge on any atom is -0.351 e. The van der Waals surface area contributed by atoms with Crippen molar-refractivity contribution in [3.05, 3.63) is 47.2 Å². The van der Waals surface area contributed by atoms with E-state index in [1.54, 1.807) is 0 Å². The normalized spacial score (nSPS) is 16.7. The van der Waals surface area contributed by atoms with Crippen LogP contribution >= 0.6 is 11.3 Å². The first-order valence-corrected chi connectivity index (χ1v) is 8.05. The summed E-state index contributed by atoms with van der Waals surface area (Å²) in [4.78, 5) is 15.2. The van der Waals surface area contributed by atoms with Crippen molar-refractivity contribution >= 4 is 22.8 Å². The van der Waals surface area contributed by atoms with Gasteiger partial charge in [-0.15, -0.1) is 11.3 Å². The number of thiophene rings is 1. The lowest BCUT2D eigenvalue weighted by atomic mass is 10.3. The molecule has 0 aromatic carbocycles. The van der Waals surface area contributed by atoms with Crippen LogP contribution in [0.2, 0.25) is 0 Å². The number of hydrogen-bond acceptors (Lipinski definition) is 5. The molecule has 1 aliphatic rings. The van der Waals surface area contributed by atoms with Gasteiger partial charge in [-0.3, -0.25) is 4.90 Å². The fourth-order valence-corrected chi connectivity index (χ4v) is 3.55. The van der Waals surface area contributed by atoms with Gasteiger partial charge in [0.25, 0.3) is 0 Å². The van der Waals surface area contributed by atoms with Gasteiger partial charge >= 0.3 is 0 Å². The predicted octanol–water partition coefficient (Wildman–Crippen LogP) is 2.11. The Morgan fingerprint density at radius 2 is 1.86 bits per heavy atom. The number of aromatic nitrogens is 3. The Balaban J connectivity index is 1.46. The maximum atomic E-state index is 4.53. The number of anilines is 1. The molecular weight excluding hydrogens is 282 g/mol. The van der Waals surface area contributed by atoms with E-state index in [0.717, 1.165) is 44.2 Å². The molecule has 0 atom stereocenters. The Kier molecular flexibility index (Phi) is 3.33. The molecule has 0 radical (unpaired) electrons. The highest BCUT2D eigenvalue weighted by atomic mass is 32.1. The fraction of sp³-hybridized carbons (Fsp3) is 0.333. The topological polar surface area (TPSA) is 36.7 Å². The van der Waals surface area contributed by atoms with Crippen LogP contribution in [0.4, 0.5) is 5.82 Å². The number of fused-ring (bicyclic) bond motifs is 1. The number of hydrogen-bond donors (Lipinski definition) is 0. The maximum Gasteiger partial charge on any atom is 0.180 e. The molecule has 3 aromatic rings. The average molecular weight is 299 g/mol. The molecular formula is C15H17N5S. The van der Waals surface area contributed by atoms with E-state index < -0.39 is 0 Å². The zero-order valence-electron chi connectivity index (χ0n) is 11.7. The van der Waals surface area contributed by atoms with Crippen molar-refractivity contribution in [1.82, 2.24) is 19.3 Å². The summed E-state index contributed by atoms with van der Waals surface area (Å²) in [5.74, 6) is 0.998. The summed E-state index contributed by atoms with van der Waals surface area (Å²) in [6.07, 6.45) is 7.59. The van der Waals surface area contributed by atoms with Crippen molar-refractivity contribution in [2.75, 3.05) is 31.1 Å². The highest BCUT2D eigenvalue weighted by Gasteiger charge is 2.20. The molecule has 108 valence electrons. The molecule has 3 aromatic heterocycles. The van der Waals surface area contributed by atoms with Crippen LogP contribution in [0.15, 0.2) is 42.3 Å². The highest BCUT2D eigenvalue weighted by molar-refractivity contribution is 7.09. The summed E-state index contributed by atoms with van der Waals surface area (Å²) in [6.45, 7) is 5.21. The molecule has 4 rings (SSSR count). The van der Waals surface area contributed by atoms with Crippen LogP contribution in [0.5, 0.6) is 0 Å². The van der Waals surface area contributed by atoms with Gasteiger partial charge in [-0.2, -0.15) is 0 Å². The lowest BCUT2D eigenvalue weighted by Gasteiger charge is -2.35. The Bertz CT molecular complexity index is 713. The molecule has 0 bridgehead atoms. The molecule has 0 spiro atoms. The van der Waals surface area contributed by atoms with Crippen molar-refractivity contribution in [2.45, 2.75) is 6.54 Å². The summed E-state index contributed by atoms with van der Waals surface area (Å²) in [6, 6.07) is 4.34. The van der Waals surface area contributed by atoms with Crippen LogP contribution in [0.1, 0.15) is 4.88 Å². The molecule has 0 saturated carbocycles. The van der Waals surface area contributed by atoms with E-state index >= 15 is 0 Å². The van der Waals surface area contributed by atoms with Gasteiger partial charge in [0, 0.05) is 62.4 Å². The number of nitrogens with zero attached hydrogens (tertiary/aromatic N) is 5. The lowest BCUT2D eigenvalue weighted by molar-refractivity contribution is 0.251. The van der Waals surface area contributed by atoms with Gasteiger partial charge in [-0.05, 0) is 11.4 Å². The Hall–Kier alpha value is -1.92. The van der Waals surface area contributed by atoms with E-state index in [-0.39, 0.29) is 0 Å². The summed E-state index contributed by atoms with van der Waals surface area (Å²) >= 11 is 1.84. The first kappa shape index (κ1) is 12.8. The van der Waals surface area contributed by atoms with Crippen LogP contribution in [0, 0.1) is 0 Å². The van der Waals surface area contributed by atoms with E-state index in [4.69, 9.17) is 0 Å². The first-order valence-electron chi connectivity index (χ1n) is 7.17. The fourth-order valence-electron chi connectivity index (χ4n) is 2.80. The Morgan fingerprint density at radius 1 is 1.05 bits per heavy atom. The second-order valence-corrected chi connectivity index (χ2v) is 6.28. The summed E-state index contributed by atoms with van der Waals surface area (Å²) in [5, 5.41) is 2.15. The molecule has 0 unspecified atom stereocenters. The van der Waals surface area contributed by atoms with Crippen molar-refractivity contribution < 1.29 is 0 Å². The predicted molar refractivity (Wildman–Crippen MR) is 84.8 cm³/mol. The molecule has 0 aliphatic carbocycles. The summed E-state index contributed by atoms with van der Waals surface area (Å²) < 4.78 is 2.03. The monoisotopic (exact) mass is 299 g/mol.